The maximum absolute atomic E-state index is 12.6. The van der Waals surface area contributed by atoms with Crippen molar-refractivity contribution in [1.82, 2.24) is 9.29 Å². The third kappa shape index (κ3) is 2.83. The van der Waals surface area contributed by atoms with Crippen LogP contribution < -0.4 is 14.2 Å². The normalized spacial score (nSPS) is 13.5. The zero-order valence-corrected chi connectivity index (χ0v) is 15.5. The van der Waals surface area contributed by atoms with E-state index in [2.05, 4.69) is 28.3 Å². The number of aromatic nitrogens is 1. The highest BCUT2D eigenvalue weighted by atomic mass is 32.2. The summed E-state index contributed by atoms with van der Waals surface area (Å²) in [5.41, 5.74) is 3.46. The molecule has 0 unspecified atom stereocenters. The van der Waals surface area contributed by atoms with Gasteiger partial charge in [0, 0.05) is 36.3 Å². The lowest BCUT2D eigenvalue weighted by atomic mass is 10.1. The van der Waals surface area contributed by atoms with Crippen LogP contribution in [0.5, 0.6) is 11.5 Å². The van der Waals surface area contributed by atoms with Crippen LogP contribution in [-0.2, 0) is 23.5 Å². The van der Waals surface area contributed by atoms with Gasteiger partial charge >= 0.3 is 0 Å². The minimum absolute atomic E-state index is 0.118. The molecule has 4 rings (SSSR count). The van der Waals surface area contributed by atoms with Crippen LogP contribution in [0, 0.1) is 6.92 Å². The van der Waals surface area contributed by atoms with Crippen LogP contribution in [0.25, 0.3) is 10.9 Å². The van der Waals surface area contributed by atoms with Gasteiger partial charge < -0.3 is 14.0 Å². The smallest absolute Gasteiger partial charge is 0.240 e. The molecule has 1 aliphatic heterocycles. The molecule has 26 heavy (non-hydrogen) atoms. The molecule has 6 nitrogen and oxygen atoms in total. The molecule has 0 bridgehead atoms. The molecule has 2 heterocycles. The van der Waals surface area contributed by atoms with Crippen molar-refractivity contribution in [3.8, 4) is 11.5 Å². The van der Waals surface area contributed by atoms with E-state index in [0.29, 0.717) is 24.5 Å². The van der Waals surface area contributed by atoms with E-state index in [-0.39, 0.29) is 11.7 Å². The lowest BCUT2D eigenvalue weighted by molar-refractivity contribution is 0.174. The van der Waals surface area contributed by atoms with Gasteiger partial charge in [0.2, 0.25) is 16.8 Å². The van der Waals surface area contributed by atoms with Crippen molar-refractivity contribution in [3.63, 3.8) is 0 Å². The minimum atomic E-state index is -3.60. The van der Waals surface area contributed by atoms with Crippen molar-refractivity contribution in [2.75, 3.05) is 13.3 Å². The first kappa shape index (κ1) is 16.9. The monoisotopic (exact) mass is 372 g/mol. The second kappa shape index (κ2) is 6.34. The first-order valence-electron chi connectivity index (χ1n) is 8.39. The fourth-order valence-corrected chi connectivity index (χ4v) is 4.40. The van der Waals surface area contributed by atoms with Crippen molar-refractivity contribution in [2.24, 2.45) is 7.05 Å². The highest BCUT2D eigenvalue weighted by Gasteiger charge is 2.20. The first-order valence-corrected chi connectivity index (χ1v) is 9.88. The quantitative estimate of drug-likeness (QED) is 0.748. The number of sulfonamides is 1. The van der Waals surface area contributed by atoms with Gasteiger partial charge in [-0.05, 0) is 37.1 Å². The number of para-hydroxylation sites is 1. The third-order valence-electron chi connectivity index (χ3n) is 4.85. The summed E-state index contributed by atoms with van der Waals surface area (Å²) in [6, 6.07) is 12.8. The number of hydrogen-bond donors (Lipinski definition) is 1. The highest BCUT2D eigenvalue weighted by molar-refractivity contribution is 7.89. The van der Waals surface area contributed by atoms with E-state index in [9.17, 15) is 8.42 Å². The molecule has 0 fully saturated rings. The van der Waals surface area contributed by atoms with Gasteiger partial charge in [-0.1, -0.05) is 18.2 Å². The summed E-state index contributed by atoms with van der Waals surface area (Å²) in [7, 11) is -1.58. The molecule has 0 amide bonds. The largest absolute Gasteiger partial charge is 0.454 e. The van der Waals surface area contributed by atoms with Gasteiger partial charge in [-0.2, -0.15) is 0 Å². The second-order valence-corrected chi connectivity index (χ2v) is 8.07. The lowest BCUT2D eigenvalue weighted by Gasteiger charge is -2.08. The summed E-state index contributed by atoms with van der Waals surface area (Å²) in [6.45, 7) is 2.50. The fraction of sp³-hybridized carbons (Fsp3) is 0.263. The van der Waals surface area contributed by atoms with Crippen molar-refractivity contribution >= 4 is 20.9 Å². The van der Waals surface area contributed by atoms with Crippen LogP contribution in [0.2, 0.25) is 0 Å². The number of hydrogen-bond acceptors (Lipinski definition) is 4. The number of ether oxygens (including phenoxy) is 2. The first-order chi connectivity index (χ1) is 12.5. The molecule has 0 atom stereocenters. The Bertz CT molecular complexity index is 1090. The Hall–Kier alpha value is -2.51. The molecule has 7 heteroatoms. The SMILES string of the molecule is Cc1c(CCNS(=O)(=O)c2ccc3c(c2)OCO3)c2ccccc2n1C. The minimum Gasteiger partial charge on any atom is -0.454 e. The average Bonchev–Trinajstić information content (AvgIpc) is 3.20. The second-order valence-electron chi connectivity index (χ2n) is 6.30. The van der Waals surface area contributed by atoms with Crippen LogP contribution >= 0.6 is 0 Å². The molecule has 0 radical (unpaired) electrons. The topological polar surface area (TPSA) is 69.6 Å². The standard InChI is InChI=1S/C19H20N2O4S/c1-13-15(16-5-3-4-6-17(16)21(13)2)9-10-20-26(22,23)14-7-8-18-19(11-14)25-12-24-18/h3-8,11,20H,9-10,12H2,1-2H3. The van der Waals surface area contributed by atoms with Gasteiger partial charge in [-0.25, -0.2) is 13.1 Å². The van der Waals surface area contributed by atoms with Gasteiger partial charge in [0.25, 0.3) is 0 Å². The van der Waals surface area contributed by atoms with Gasteiger partial charge in [0.1, 0.15) is 0 Å². The Morgan fingerprint density at radius 1 is 1.12 bits per heavy atom. The predicted molar refractivity (Wildman–Crippen MR) is 99.1 cm³/mol. The molecule has 2 aromatic carbocycles. The van der Waals surface area contributed by atoms with E-state index in [1.165, 1.54) is 12.1 Å². The number of aryl methyl sites for hydroxylation is 1. The Kier molecular flexibility index (Phi) is 4.13. The summed E-state index contributed by atoms with van der Waals surface area (Å²) in [5.74, 6) is 1.02. The van der Waals surface area contributed by atoms with Crippen molar-refractivity contribution in [2.45, 2.75) is 18.2 Å². The van der Waals surface area contributed by atoms with Gasteiger partial charge in [0.05, 0.1) is 4.90 Å². The lowest BCUT2D eigenvalue weighted by Crippen LogP contribution is -2.26. The van der Waals surface area contributed by atoms with E-state index >= 15 is 0 Å². The van der Waals surface area contributed by atoms with E-state index in [0.717, 1.165) is 22.2 Å². The molecule has 0 saturated carbocycles. The Balaban J connectivity index is 1.52. The molecule has 3 aromatic rings. The zero-order chi connectivity index (χ0) is 18.3. The number of nitrogens with zero attached hydrogens (tertiary/aromatic N) is 1. The number of fused-ring (bicyclic) bond motifs is 2. The number of nitrogens with one attached hydrogen (secondary N) is 1. The van der Waals surface area contributed by atoms with E-state index in [1.54, 1.807) is 6.07 Å². The van der Waals surface area contributed by atoms with Crippen molar-refractivity contribution in [1.29, 1.82) is 0 Å². The van der Waals surface area contributed by atoms with Gasteiger partial charge in [-0.3, -0.25) is 0 Å². The summed E-state index contributed by atoms with van der Waals surface area (Å²) >= 11 is 0. The molecule has 1 N–H and O–H groups in total. The summed E-state index contributed by atoms with van der Waals surface area (Å²) < 4.78 is 40.4. The van der Waals surface area contributed by atoms with Crippen LogP contribution in [-0.4, -0.2) is 26.3 Å². The summed E-state index contributed by atoms with van der Waals surface area (Å²) in [6.07, 6.45) is 0.622. The van der Waals surface area contributed by atoms with E-state index < -0.39 is 10.0 Å². The molecule has 0 spiro atoms. The predicted octanol–water partition coefficient (Wildman–Crippen LogP) is 2.74. The molecular formula is C19H20N2O4S. The Morgan fingerprint density at radius 3 is 2.73 bits per heavy atom. The molecule has 136 valence electrons. The van der Waals surface area contributed by atoms with Crippen LogP contribution in [0.1, 0.15) is 11.3 Å². The highest BCUT2D eigenvalue weighted by Crippen LogP contribution is 2.33. The van der Waals surface area contributed by atoms with Gasteiger partial charge in [0.15, 0.2) is 11.5 Å². The number of rotatable bonds is 5. The summed E-state index contributed by atoms with van der Waals surface area (Å²) in [5, 5.41) is 1.16. The zero-order valence-electron chi connectivity index (χ0n) is 14.7. The van der Waals surface area contributed by atoms with Crippen molar-refractivity contribution in [3.05, 3.63) is 53.7 Å². The number of benzene rings is 2. The van der Waals surface area contributed by atoms with E-state index in [1.807, 2.05) is 19.2 Å². The maximum Gasteiger partial charge on any atom is 0.240 e. The molecule has 0 saturated heterocycles. The molecule has 1 aromatic heterocycles. The third-order valence-corrected chi connectivity index (χ3v) is 6.31. The summed E-state index contributed by atoms with van der Waals surface area (Å²) in [4.78, 5) is 0.177. The molecular weight excluding hydrogens is 352 g/mol. The van der Waals surface area contributed by atoms with Gasteiger partial charge in [-0.15, -0.1) is 0 Å². The van der Waals surface area contributed by atoms with Crippen LogP contribution in [0.15, 0.2) is 47.4 Å². The average molecular weight is 372 g/mol. The van der Waals surface area contributed by atoms with Crippen LogP contribution in [0.3, 0.4) is 0 Å². The van der Waals surface area contributed by atoms with Crippen molar-refractivity contribution < 1.29 is 17.9 Å². The molecule has 1 aliphatic rings. The van der Waals surface area contributed by atoms with E-state index in [4.69, 9.17) is 9.47 Å². The Morgan fingerprint density at radius 2 is 1.88 bits per heavy atom. The fourth-order valence-electron chi connectivity index (χ4n) is 3.35. The van der Waals surface area contributed by atoms with Crippen LogP contribution in [0.4, 0.5) is 0 Å². The maximum atomic E-state index is 12.6. The molecule has 0 aliphatic carbocycles. The Labute approximate surface area is 152 Å².